The van der Waals surface area contributed by atoms with E-state index in [1.54, 1.807) is 4.68 Å². The van der Waals surface area contributed by atoms with Crippen LogP contribution in [0.3, 0.4) is 0 Å². The maximum atomic E-state index is 12.5. The minimum Gasteiger partial charge on any atom is -0.348 e. The number of carbonyl (C=O) groups is 1. The lowest BCUT2D eigenvalue weighted by molar-refractivity contribution is 0.0899. The first kappa shape index (κ1) is 17.7. The molecular formula is C22H26N4O. The number of piperidine rings is 1. The number of carbonyl (C=O) groups excluding carboxylic acids is 1. The predicted octanol–water partition coefficient (Wildman–Crippen LogP) is 3.28. The van der Waals surface area contributed by atoms with E-state index in [0.717, 1.165) is 38.2 Å². The van der Waals surface area contributed by atoms with Crippen LogP contribution in [0.2, 0.25) is 0 Å². The average Bonchev–Trinajstić information content (AvgIpc) is 3.02. The SMILES string of the molecule is Cc1cc(C(=O)NC2CCN(Cc3cccc4ccccc34)CC2)n(C)n1. The molecule has 140 valence electrons. The quantitative estimate of drug-likeness (QED) is 0.775. The summed E-state index contributed by atoms with van der Waals surface area (Å²) < 4.78 is 1.65. The molecule has 1 fully saturated rings. The Morgan fingerprint density at radius 1 is 1.15 bits per heavy atom. The summed E-state index contributed by atoms with van der Waals surface area (Å²) in [6.45, 7) is 4.86. The number of aromatic nitrogens is 2. The zero-order chi connectivity index (χ0) is 18.8. The van der Waals surface area contributed by atoms with Gasteiger partial charge < -0.3 is 5.32 Å². The molecule has 0 spiro atoms. The fourth-order valence-corrected chi connectivity index (χ4v) is 3.99. The Morgan fingerprint density at radius 2 is 1.89 bits per heavy atom. The lowest BCUT2D eigenvalue weighted by atomic mass is 10.0. The number of hydrogen-bond donors (Lipinski definition) is 1. The number of nitrogens with zero attached hydrogens (tertiary/aromatic N) is 3. The largest absolute Gasteiger partial charge is 0.348 e. The van der Waals surface area contributed by atoms with Gasteiger partial charge in [0.2, 0.25) is 0 Å². The first-order valence-electron chi connectivity index (χ1n) is 9.60. The summed E-state index contributed by atoms with van der Waals surface area (Å²) in [5.74, 6) is -0.0226. The van der Waals surface area contributed by atoms with Gasteiger partial charge in [0.1, 0.15) is 5.69 Å². The van der Waals surface area contributed by atoms with E-state index in [4.69, 9.17) is 0 Å². The molecule has 0 radical (unpaired) electrons. The molecule has 0 saturated carbocycles. The number of amides is 1. The van der Waals surface area contributed by atoms with Crippen molar-refractivity contribution in [1.29, 1.82) is 0 Å². The van der Waals surface area contributed by atoms with E-state index in [0.29, 0.717) is 5.69 Å². The van der Waals surface area contributed by atoms with Crippen molar-refractivity contribution in [3.05, 3.63) is 65.5 Å². The summed E-state index contributed by atoms with van der Waals surface area (Å²) in [6, 6.07) is 17.2. The van der Waals surface area contributed by atoms with Gasteiger partial charge in [-0.2, -0.15) is 5.10 Å². The van der Waals surface area contributed by atoms with Crippen LogP contribution < -0.4 is 5.32 Å². The molecule has 0 unspecified atom stereocenters. The Bertz CT molecular complexity index is 949. The second-order valence-corrected chi connectivity index (χ2v) is 7.46. The topological polar surface area (TPSA) is 50.2 Å². The van der Waals surface area contributed by atoms with Crippen LogP contribution in [-0.4, -0.2) is 39.7 Å². The van der Waals surface area contributed by atoms with Crippen LogP contribution in [-0.2, 0) is 13.6 Å². The van der Waals surface area contributed by atoms with Crippen LogP contribution in [0.15, 0.2) is 48.5 Å². The Morgan fingerprint density at radius 3 is 2.63 bits per heavy atom. The van der Waals surface area contributed by atoms with Crippen molar-refractivity contribution in [3.8, 4) is 0 Å². The molecule has 1 amide bonds. The van der Waals surface area contributed by atoms with Crippen molar-refractivity contribution in [2.75, 3.05) is 13.1 Å². The number of fused-ring (bicyclic) bond motifs is 1. The lowest BCUT2D eigenvalue weighted by Gasteiger charge is -2.32. The highest BCUT2D eigenvalue weighted by Crippen LogP contribution is 2.22. The van der Waals surface area contributed by atoms with Gasteiger partial charge in [-0.1, -0.05) is 42.5 Å². The third-order valence-electron chi connectivity index (χ3n) is 5.43. The molecule has 1 aromatic heterocycles. The highest BCUT2D eigenvalue weighted by molar-refractivity contribution is 5.92. The zero-order valence-electron chi connectivity index (χ0n) is 16.0. The van der Waals surface area contributed by atoms with E-state index >= 15 is 0 Å². The molecule has 5 nitrogen and oxygen atoms in total. The lowest BCUT2D eigenvalue weighted by Crippen LogP contribution is -2.44. The molecule has 1 saturated heterocycles. The minimum atomic E-state index is -0.0226. The molecule has 1 aliphatic heterocycles. The molecule has 2 heterocycles. The van der Waals surface area contributed by atoms with Crippen LogP contribution in [0.4, 0.5) is 0 Å². The average molecular weight is 362 g/mol. The zero-order valence-corrected chi connectivity index (χ0v) is 16.0. The number of nitrogens with one attached hydrogen (secondary N) is 1. The van der Waals surface area contributed by atoms with E-state index in [2.05, 4.69) is 57.8 Å². The highest BCUT2D eigenvalue weighted by Gasteiger charge is 2.22. The van der Waals surface area contributed by atoms with Gasteiger partial charge >= 0.3 is 0 Å². The molecule has 1 aliphatic rings. The molecule has 0 aliphatic carbocycles. The van der Waals surface area contributed by atoms with Crippen LogP contribution in [0.5, 0.6) is 0 Å². The molecule has 4 rings (SSSR count). The molecule has 2 aromatic carbocycles. The molecule has 0 atom stereocenters. The molecule has 3 aromatic rings. The normalized spacial score (nSPS) is 15.9. The third kappa shape index (κ3) is 3.88. The minimum absolute atomic E-state index is 0.0226. The van der Waals surface area contributed by atoms with Crippen LogP contribution in [0.1, 0.15) is 34.6 Å². The molecule has 1 N–H and O–H groups in total. The molecule has 5 heteroatoms. The van der Waals surface area contributed by atoms with Crippen molar-refractivity contribution in [2.24, 2.45) is 7.05 Å². The summed E-state index contributed by atoms with van der Waals surface area (Å²) in [5, 5.41) is 10.1. The van der Waals surface area contributed by atoms with Gasteiger partial charge in [0.15, 0.2) is 0 Å². The summed E-state index contributed by atoms with van der Waals surface area (Å²) in [6.07, 6.45) is 1.96. The van der Waals surface area contributed by atoms with Crippen LogP contribution in [0, 0.1) is 6.92 Å². The summed E-state index contributed by atoms with van der Waals surface area (Å²) in [5.41, 5.74) is 2.87. The fourth-order valence-electron chi connectivity index (χ4n) is 3.99. The summed E-state index contributed by atoms with van der Waals surface area (Å²) >= 11 is 0. The van der Waals surface area contributed by atoms with Gasteiger partial charge in [-0.15, -0.1) is 0 Å². The van der Waals surface area contributed by atoms with Gasteiger partial charge in [-0.25, -0.2) is 0 Å². The smallest absolute Gasteiger partial charge is 0.269 e. The Balaban J connectivity index is 1.35. The van der Waals surface area contributed by atoms with Crippen molar-refractivity contribution in [3.63, 3.8) is 0 Å². The Labute approximate surface area is 160 Å². The van der Waals surface area contributed by atoms with Crippen molar-refractivity contribution in [1.82, 2.24) is 20.0 Å². The molecule has 0 bridgehead atoms. The van der Waals surface area contributed by atoms with Gasteiger partial charge in [-0.3, -0.25) is 14.4 Å². The third-order valence-corrected chi connectivity index (χ3v) is 5.43. The highest BCUT2D eigenvalue weighted by atomic mass is 16.2. The van der Waals surface area contributed by atoms with Crippen molar-refractivity contribution in [2.45, 2.75) is 32.4 Å². The first-order valence-corrected chi connectivity index (χ1v) is 9.60. The van der Waals surface area contributed by atoms with E-state index in [-0.39, 0.29) is 11.9 Å². The van der Waals surface area contributed by atoms with Crippen molar-refractivity contribution < 1.29 is 4.79 Å². The van der Waals surface area contributed by atoms with Crippen LogP contribution in [0.25, 0.3) is 10.8 Å². The number of aryl methyl sites for hydroxylation is 2. The predicted molar refractivity (Wildman–Crippen MR) is 108 cm³/mol. The number of benzene rings is 2. The number of hydrogen-bond acceptors (Lipinski definition) is 3. The Kier molecular flexibility index (Phi) is 4.94. The maximum Gasteiger partial charge on any atom is 0.269 e. The summed E-state index contributed by atoms with van der Waals surface area (Å²) in [4.78, 5) is 15.0. The van der Waals surface area contributed by atoms with E-state index < -0.39 is 0 Å². The van der Waals surface area contributed by atoms with E-state index in [1.807, 2.05) is 20.0 Å². The first-order chi connectivity index (χ1) is 13.1. The summed E-state index contributed by atoms with van der Waals surface area (Å²) in [7, 11) is 1.81. The van der Waals surface area contributed by atoms with Gasteiger partial charge in [0, 0.05) is 32.7 Å². The van der Waals surface area contributed by atoms with E-state index in [9.17, 15) is 4.79 Å². The second kappa shape index (κ2) is 7.53. The molecule has 27 heavy (non-hydrogen) atoms. The fraction of sp³-hybridized carbons (Fsp3) is 0.364. The van der Waals surface area contributed by atoms with Gasteiger partial charge in [-0.05, 0) is 42.2 Å². The molecular weight excluding hydrogens is 336 g/mol. The Hall–Kier alpha value is -2.66. The van der Waals surface area contributed by atoms with Gasteiger partial charge in [0.25, 0.3) is 5.91 Å². The van der Waals surface area contributed by atoms with Gasteiger partial charge in [0.05, 0.1) is 5.69 Å². The van der Waals surface area contributed by atoms with Crippen LogP contribution >= 0.6 is 0 Å². The number of rotatable bonds is 4. The van der Waals surface area contributed by atoms with Crippen molar-refractivity contribution >= 4 is 16.7 Å². The monoisotopic (exact) mass is 362 g/mol. The number of likely N-dealkylation sites (tertiary alicyclic amines) is 1. The second-order valence-electron chi connectivity index (χ2n) is 7.46. The standard InChI is InChI=1S/C22H26N4O/c1-16-14-21(25(2)24-16)22(27)23-19-10-12-26(13-11-19)15-18-8-5-7-17-6-3-4-9-20(17)18/h3-9,14,19H,10-13,15H2,1-2H3,(H,23,27). The maximum absolute atomic E-state index is 12.5. The van der Waals surface area contributed by atoms with E-state index in [1.165, 1.54) is 16.3 Å².